The van der Waals surface area contributed by atoms with Crippen molar-refractivity contribution in [1.82, 2.24) is 9.88 Å². The van der Waals surface area contributed by atoms with Crippen LogP contribution in [-0.2, 0) is 0 Å². The molecule has 0 aliphatic carbocycles. The van der Waals surface area contributed by atoms with Crippen LogP contribution in [0.15, 0.2) is 18.3 Å². The molecule has 0 aromatic carbocycles. The predicted octanol–water partition coefficient (Wildman–Crippen LogP) is 2.69. The van der Waals surface area contributed by atoms with Gasteiger partial charge in [0, 0.05) is 24.2 Å². The van der Waals surface area contributed by atoms with Crippen LogP contribution < -0.4 is 0 Å². The van der Waals surface area contributed by atoms with Gasteiger partial charge in [0.1, 0.15) is 5.15 Å². The number of fused-ring (bicyclic) bond motifs is 2. The normalized spacial score (nSPS) is 34.9. The van der Waals surface area contributed by atoms with E-state index in [-0.39, 0.29) is 0 Å². The SMILES string of the molecule is CN1[C@H]2CC[C@@H]1[C@@H](c1ccc(Cl)nc1)C2. The minimum absolute atomic E-state index is 0.593. The maximum Gasteiger partial charge on any atom is 0.129 e. The zero-order chi connectivity index (χ0) is 10.4. The van der Waals surface area contributed by atoms with Gasteiger partial charge in [0.25, 0.3) is 0 Å². The summed E-state index contributed by atoms with van der Waals surface area (Å²) in [6.45, 7) is 0. The summed E-state index contributed by atoms with van der Waals surface area (Å²) < 4.78 is 0. The monoisotopic (exact) mass is 222 g/mol. The third kappa shape index (κ3) is 1.47. The van der Waals surface area contributed by atoms with E-state index >= 15 is 0 Å². The van der Waals surface area contributed by atoms with E-state index in [4.69, 9.17) is 11.6 Å². The van der Waals surface area contributed by atoms with Crippen LogP contribution in [0.5, 0.6) is 0 Å². The first-order valence-electron chi connectivity index (χ1n) is 5.59. The molecule has 3 rings (SSSR count). The number of aromatic nitrogens is 1. The Morgan fingerprint density at radius 1 is 1.40 bits per heavy atom. The lowest BCUT2D eigenvalue weighted by atomic mass is 9.85. The maximum absolute atomic E-state index is 5.80. The Hall–Kier alpha value is -0.600. The average molecular weight is 223 g/mol. The van der Waals surface area contributed by atoms with Gasteiger partial charge in [0.05, 0.1) is 0 Å². The fraction of sp³-hybridized carbons (Fsp3) is 0.583. The van der Waals surface area contributed by atoms with Crippen molar-refractivity contribution in [2.75, 3.05) is 7.05 Å². The van der Waals surface area contributed by atoms with Gasteiger partial charge in [-0.2, -0.15) is 0 Å². The Balaban J connectivity index is 1.87. The molecule has 15 heavy (non-hydrogen) atoms. The fourth-order valence-corrected chi connectivity index (χ4v) is 3.34. The third-order valence-electron chi connectivity index (χ3n) is 4.06. The molecule has 3 atom stereocenters. The molecule has 0 spiro atoms. The number of hydrogen-bond acceptors (Lipinski definition) is 2. The molecule has 2 saturated heterocycles. The van der Waals surface area contributed by atoms with Crippen LogP contribution in [0.25, 0.3) is 0 Å². The van der Waals surface area contributed by atoms with E-state index in [2.05, 4.69) is 23.0 Å². The number of rotatable bonds is 1. The van der Waals surface area contributed by atoms with Gasteiger partial charge < -0.3 is 0 Å². The second-order valence-electron chi connectivity index (χ2n) is 4.72. The van der Waals surface area contributed by atoms with Crippen LogP contribution in [0.1, 0.15) is 30.7 Å². The van der Waals surface area contributed by atoms with Crippen LogP contribution in [0, 0.1) is 0 Å². The fourth-order valence-electron chi connectivity index (χ4n) is 3.23. The molecule has 0 radical (unpaired) electrons. The van der Waals surface area contributed by atoms with Crippen molar-refractivity contribution >= 4 is 11.6 Å². The van der Waals surface area contributed by atoms with E-state index < -0.39 is 0 Å². The molecule has 0 unspecified atom stereocenters. The van der Waals surface area contributed by atoms with E-state index in [0.717, 1.165) is 12.1 Å². The number of hydrogen-bond donors (Lipinski definition) is 0. The first-order valence-corrected chi connectivity index (χ1v) is 5.97. The van der Waals surface area contributed by atoms with Gasteiger partial charge in [0.2, 0.25) is 0 Å². The number of pyridine rings is 1. The standard InChI is InChI=1S/C12H15ClN2/c1-15-9-3-4-11(15)10(6-9)8-2-5-12(13)14-7-8/h2,5,7,9-11H,3-4,6H2,1H3/t9-,10+,11+/m0/s1. The molecular weight excluding hydrogens is 208 g/mol. The second kappa shape index (κ2) is 3.46. The van der Waals surface area contributed by atoms with Crippen molar-refractivity contribution in [1.29, 1.82) is 0 Å². The molecule has 3 heterocycles. The van der Waals surface area contributed by atoms with Gasteiger partial charge in [0.15, 0.2) is 0 Å². The van der Waals surface area contributed by atoms with Crippen molar-refractivity contribution < 1.29 is 0 Å². The van der Waals surface area contributed by atoms with E-state index in [1.807, 2.05) is 12.3 Å². The Morgan fingerprint density at radius 2 is 2.27 bits per heavy atom. The molecule has 0 N–H and O–H groups in total. The largest absolute Gasteiger partial charge is 0.300 e. The highest BCUT2D eigenvalue weighted by atomic mass is 35.5. The molecule has 80 valence electrons. The Bertz CT molecular complexity index is 362. The van der Waals surface area contributed by atoms with E-state index in [0.29, 0.717) is 11.1 Å². The average Bonchev–Trinajstić information content (AvgIpc) is 2.75. The first kappa shape index (κ1) is 9.61. The van der Waals surface area contributed by atoms with Gasteiger partial charge in [-0.15, -0.1) is 0 Å². The first-order chi connectivity index (χ1) is 7.25. The molecule has 2 aliphatic rings. The minimum Gasteiger partial charge on any atom is -0.300 e. The van der Waals surface area contributed by atoms with Crippen LogP contribution in [0.4, 0.5) is 0 Å². The molecule has 1 aromatic heterocycles. The number of nitrogens with zero attached hydrogens (tertiary/aromatic N) is 2. The highest BCUT2D eigenvalue weighted by Gasteiger charge is 2.44. The zero-order valence-electron chi connectivity index (χ0n) is 8.86. The summed E-state index contributed by atoms with van der Waals surface area (Å²) in [5.74, 6) is 0.679. The van der Waals surface area contributed by atoms with Crippen molar-refractivity contribution in [3.05, 3.63) is 29.0 Å². The summed E-state index contributed by atoms with van der Waals surface area (Å²) in [6.07, 6.45) is 5.96. The molecule has 2 fully saturated rings. The molecule has 1 aromatic rings. The molecular formula is C12H15ClN2. The van der Waals surface area contributed by atoms with Crippen molar-refractivity contribution in [2.24, 2.45) is 0 Å². The summed E-state index contributed by atoms with van der Waals surface area (Å²) in [6, 6.07) is 5.57. The molecule has 2 aliphatic heterocycles. The van der Waals surface area contributed by atoms with Gasteiger partial charge in [-0.05, 0) is 37.9 Å². The molecule has 2 nitrogen and oxygen atoms in total. The van der Waals surface area contributed by atoms with Crippen LogP contribution in [0.2, 0.25) is 5.15 Å². The van der Waals surface area contributed by atoms with Crippen molar-refractivity contribution in [2.45, 2.75) is 37.3 Å². The highest BCUT2D eigenvalue weighted by molar-refractivity contribution is 6.29. The predicted molar refractivity (Wildman–Crippen MR) is 61.2 cm³/mol. The van der Waals surface area contributed by atoms with Gasteiger partial charge in [-0.1, -0.05) is 17.7 Å². The van der Waals surface area contributed by atoms with Crippen LogP contribution in [-0.4, -0.2) is 29.0 Å². The Labute approximate surface area is 95.3 Å². The highest BCUT2D eigenvalue weighted by Crippen LogP contribution is 2.45. The van der Waals surface area contributed by atoms with Gasteiger partial charge in [-0.3, -0.25) is 4.90 Å². The van der Waals surface area contributed by atoms with E-state index in [1.54, 1.807) is 0 Å². The Morgan fingerprint density at radius 3 is 2.80 bits per heavy atom. The lowest BCUT2D eigenvalue weighted by Crippen LogP contribution is -2.25. The number of halogens is 1. The summed E-state index contributed by atoms with van der Waals surface area (Å²) in [7, 11) is 2.26. The van der Waals surface area contributed by atoms with E-state index in [1.165, 1.54) is 24.8 Å². The zero-order valence-corrected chi connectivity index (χ0v) is 9.61. The van der Waals surface area contributed by atoms with E-state index in [9.17, 15) is 0 Å². The lowest BCUT2D eigenvalue weighted by molar-refractivity contribution is 0.307. The van der Waals surface area contributed by atoms with Crippen LogP contribution >= 0.6 is 11.6 Å². The van der Waals surface area contributed by atoms with Crippen LogP contribution in [0.3, 0.4) is 0 Å². The topological polar surface area (TPSA) is 16.1 Å². The summed E-state index contributed by atoms with van der Waals surface area (Å²) in [4.78, 5) is 6.72. The Kier molecular flexibility index (Phi) is 2.22. The second-order valence-corrected chi connectivity index (χ2v) is 5.11. The summed E-state index contributed by atoms with van der Waals surface area (Å²) in [5.41, 5.74) is 1.36. The summed E-state index contributed by atoms with van der Waals surface area (Å²) >= 11 is 5.80. The number of likely N-dealkylation sites (N-methyl/N-ethyl adjacent to an activating group) is 1. The lowest BCUT2D eigenvalue weighted by Gasteiger charge is -2.21. The van der Waals surface area contributed by atoms with Gasteiger partial charge >= 0.3 is 0 Å². The smallest absolute Gasteiger partial charge is 0.129 e. The molecule has 0 saturated carbocycles. The minimum atomic E-state index is 0.593. The maximum atomic E-state index is 5.80. The molecule has 0 amide bonds. The van der Waals surface area contributed by atoms with Gasteiger partial charge in [-0.25, -0.2) is 4.98 Å². The third-order valence-corrected chi connectivity index (χ3v) is 4.29. The summed E-state index contributed by atoms with van der Waals surface area (Å²) in [5, 5.41) is 0.593. The van der Waals surface area contributed by atoms with Crippen molar-refractivity contribution in [3.8, 4) is 0 Å². The molecule has 2 bridgehead atoms. The van der Waals surface area contributed by atoms with Crippen molar-refractivity contribution in [3.63, 3.8) is 0 Å². The molecule has 3 heteroatoms. The quantitative estimate of drug-likeness (QED) is 0.680.